The van der Waals surface area contributed by atoms with Crippen LogP contribution in [0.4, 0.5) is 10.1 Å². The SMILES string of the molecule is CCNC(=O)[C@@H](C)N(Cc1ccc(F)cc1)C(=O)CN(c1cc(C)cc(C)c1)S(=O)(=O)c1ccc(C)cc1. The first-order valence-electron chi connectivity index (χ1n) is 12.4. The molecule has 1 atom stereocenters. The molecule has 0 bridgehead atoms. The fraction of sp³-hybridized carbons (Fsp3) is 0.310. The van der Waals surface area contributed by atoms with E-state index in [1.165, 1.54) is 41.3 Å². The number of anilines is 1. The van der Waals surface area contributed by atoms with Crippen molar-refractivity contribution in [2.75, 3.05) is 17.4 Å². The maximum absolute atomic E-state index is 13.9. The number of sulfonamides is 1. The molecule has 0 aromatic heterocycles. The predicted molar refractivity (Wildman–Crippen MR) is 147 cm³/mol. The van der Waals surface area contributed by atoms with Crippen molar-refractivity contribution < 1.29 is 22.4 Å². The number of nitrogens with zero attached hydrogens (tertiary/aromatic N) is 2. The van der Waals surface area contributed by atoms with Crippen LogP contribution in [-0.4, -0.2) is 44.3 Å². The van der Waals surface area contributed by atoms with E-state index < -0.39 is 34.3 Å². The number of benzene rings is 3. The third-order valence-electron chi connectivity index (χ3n) is 6.17. The van der Waals surface area contributed by atoms with Gasteiger partial charge in [0.05, 0.1) is 10.6 Å². The first kappa shape index (κ1) is 28.8. The minimum Gasteiger partial charge on any atom is -0.355 e. The van der Waals surface area contributed by atoms with E-state index in [-0.39, 0.29) is 17.3 Å². The molecule has 0 saturated heterocycles. The number of hydrogen-bond acceptors (Lipinski definition) is 4. The van der Waals surface area contributed by atoms with Gasteiger partial charge in [-0.3, -0.25) is 13.9 Å². The lowest BCUT2D eigenvalue weighted by Gasteiger charge is -2.32. The van der Waals surface area contributed by atoms with Crippen molar-refractivity contribution in [3.8, 4) is 0 Å². The quantitative estimate of drug-likeness (QED) is 0.411. The van der Waals surface area contributed by atoms with Gasteiger partial charge in [0.2, 0.25) is 11.8 Å². The van der Waals surface area contributed by atoms with E-state index in [4.69, 9.17) is 0 Å². The smallest absolute Gasteiger partial charge is 0.264 e. The van der Waals surface area contributed by atoms with Crippen LogP contribution in [0.5, 0.6) is 0 Å². The molecule has 3 rings (SSSR count). The Balaban J connectivity index is 2.06. The van der Waals surface area contributed by atoms with E-state index in [1.807, 2.05) is 26.8 Å². The zero-order valence-electron chi connectivity index (χ0n) is 22.4. The Hall–Kier alpha value is -3.72. The predicted octanol–water partition coefficient (Wildman–Crippen LogP) is 4.50. The summed E-state index contributed by atoms with van der Waals surface area (Å²) < 4.78 is 42.3. The Morgan fingerprint density at radius 1 is 0.895 bits per heavy atom. The lowest BCUT2D eigenvalue weighted by Crippen LogP contribution is -2.51. The third kappa shape index (κ3) is 6.98. The fourth-order valence-corrected chi connectivity index (χ4v) is 5.55. The molecule has 0 radical (unpaired) electrons. The number of likely N-dealkylation sites (N-methyl/N-ethyl adjacent to an activating group) is 1. The third-order valence-corrected chi connectivity index (χ3v) is 7.95. The molecule has 0 spiro atoms. The van der Waals surface area contributed by atoms with Crippen LogP contribution in [0.2, 0.25) is 0 Å². The molecule has 38 heavy (non-hydrogen) atoms. The van der Waals surface area contributed by atoms with E-state index in [0.717, 1.165) is 21.0 Å². The van der Waals surface area contributed by atoms with Gasteiger partial charge in [-0.15, -0.1) is 0 Å². The second-order valence-electron chi connectivity index (χ2n) is 9.39. The summed E-state index contributed by atoms with van der Waals surface area (Å²) in [5, 5.41) is 2.71. The second kappa shape index (κ2) is 12.2. The number of amides is 2. The van der Waals surface area contributed by atoms with Crippen molar-refractivity contribution in [3.05, 3.63) is 94.8 Å². The van der Waals surface area contributed by atoms with Crippen LogP contribution in [-0.2, 0) is 26.2 Å². The lowest BCUT2D eigenvalue weighted by atomic mass is 10.1. The zero-order valence-corrected chi connectivity index (χ0v) is 23.2. The van der Waals surface area contributed by atoms with E-state index in [9.17, 15) is 22.4 Å². The number of rotatable bonds is 10. The Kier molecular flexibility index (Phi) is 9.27. The Morgan fingerprint density at radius 2 is 1.47 bits per heavy atom. The average molecular weight is 540 g/mol. The van der Waals surface area contributed by atoms with Gasteiger partial charge in [-0.2, -0.15) is 0 Å². The topological polar surface area (TPSA) is 86.8 Å². The molecule has 0 heterocycles. The van der Waals surface area contributed by atoms with Gasteiger partial charge in [0.15, 0.2) is 0 Å². The molecule has 0 unspecified atom stereocenters. The monoisotopic (exact) mass is 539 g/mol. The molecule has 202 valence electrons. The molecular weight excluding hydrogens is 505 g/mol. The van der Waals surface area contributed by atoms with Crippen molar-refractivity contribution >= 4 is 27.5 Å². The van der Waals surface area contributed by atoms with Crippen LogP contribution in [0.25, 0.3) is 0 Å². The van der Waals surface area contributed by atoms with E-state index >= 15 is 0 Å². The molecule has 0 aliphatic heterocycles. The van der Waals surface area contributed by atoms with Gasteiger partial charge in [0, 0.05) is 13.1 Å². The van der Waals surface area contributed by atoms with E-state index in [0.29, 0.717) is 17.8 Å². The molecule has 9 heteroatoms. The van der Waals surface area contributed by atoms with Crippen LogP contribution >= 0.6 is 0 Å². The highest BCUT2D eigenvalue weighted by Gasteiger charge is 2.32. The highest BCUT2D eigenvalue weighted by molar-refractivity contribution is 7.92. The largest absolute Gasteiger partial charge is 0.355 e. The number of hydrogen-bond donors (Lipinski definition) is 1. The minimum atomic E-state index is -4.13. The molecule has 1 N–H and O–H groups in total. The Morgan fingerprint density at radius 3 is 2.03 bits per heavy atom. The molecule has 0 saturated carbocycles. The standard InChI is InChI=1S/C29H34FN3O4S/c1-6-31-29(35)23(5)32(18-24-9-11-25(30)12-10-24)28(34)19-33(26-16-21(3)15-22(4)17-26)38(36,37)27-13-7-20(2)8-14-27/h7-17,23H,6,18-19H2,1-5H3,(H,31,35)/t23-/m1/s1. The van der Waals surface area contributed by atoms with Gasteiger partial charge >= 0.3 is 0 Å². The van der Waals surface area contributed by atoms with Gasteiger partial charge in [-0.05, 0) is 87.7 Å². The van der Waals surface area contributed by atoms with Crippen molar-refractivity contribution in [1.82, 2.24) is 10.2 Å². The number of carbonyl (C=O) groups excluding carboxylic acids is 2. The van der Waals surface area contributed by atoms with Gasteiger partial charge < -0.3 is 10.2 Å². The summed E-state index contributed by atoms with van der Waals surface area (Å²) >= 11 is 0. The molecule has 2 amide bonds. The van der Waals surface area contributed by atoms with Crippen molar-refractivity contribution in [2.24, 2.45) is 0 Å². The van der Waals surface area contributed by atoms with E-state index in [2.05, 4.69) is 5.32 Å². The number of nitrogens with one attached hydrogen (secondary N) is 1. The molecule has 7 nitrogen and oxygen atoms in total. The van der Waals surface area contributed by atoms with Crippen LogP contribution in [0.3, 0.4) is 0 Å². The Bertz CT molecular complexity index is 1370. The number of carbonyl (C=O) groups is 2. The fourth-order valence-electron chi connectivity index (χ4n) is 4.15. The lowest BCUT2D eigenvalue weighted by molar-refractivity contribution is -0.139. The highest BCUT2D eigenvalue weighted by Crippen LogP contribution is 2.27. The van der Waals surface area contributed by atoms with Crippen molar-refractivity contribution in [1.29, 1.82) is 0 Å². The molecule has 3 aromatic carbocycles. The van der Waals surface area contributed by atoms with E-state index in [1.54, 1.807) is 38.1 Å². The maximum atomic E-state index is 13.9. The molecule has 0 aliphatic rings. The summed E-state index contributed by atoms with van der Waals surface area (Å²) in [5.74, 6) is -1.36. The second-order valence-corrected chi connectivity index (χ2v) is 11.3. The van der Waals surface area contributed by atoms with Crippen molar-refractivity contribution in [2.45, 2.75) is 52.1 Å². The summed E-state index contributed by atoms with van der Waals surface area (Å²) in [6, 6.07) is 16.5. The van der Waals surface area contributed by atoms with Crippen molar-refractivity contribution in [3.63, 3.8) is 0 Å². The van der Waals surface area contributed by atoms with Gasteiger partial charge in [-0.1, -0.05) is 35.9 Å². The van der Waals surface area contributed by atoms with Crippen LogP contribution in [0.15, 0.2) is 71.6 Å². The highest BCUT2D eigenvalue weighted by atomic mass is 32.2. The van der Waals surface area contributed by atoms with Gasteiger partial charge in [-0.25, -0.2) is 12.8 Å². The first-order valence-corrected chi connectivity index (χ1v) is 13.9. The van der Waals surface area contributed by atoms with Crippen LogP contribution in [0, 0.1) is 26.6 Å². The molecule has 0 aliphatic carbocycles. The molecular formula is C29H34FN3O4S. The summed E-state index contributed by atoms with van der Waals surface area (Å²) in [6.45, 7) is 8.78. The summed E-state index contributed by atoms with van der Waals surface area (Å²) in [6.07, 6.45) is 0. The molecule has 0 fully saturated rings. The first-order chi connectivity index (χ1) is 17.9. The minimum absolute atomic E-state index is 0.00266. The van der Waals surface area contributed by atoms with Gasteiger partial charge in [0.1, 0.15) is 18.4 Å². The number of aryl methyl sites for hydroxylation is 3. The maximum Gasteiger partial charge on any atom is 0.264 e. The van der Waals surface area contributed by atoms with Gasteiger partial charge in [0.25, 0.3) is 10.0 Å². The number of halogens is 1. The zero-order chi connectivity index (χ0) is 28.0. The summed E-state index contributed by atoms with van der Waals surface area (Å²) in [4.78, 5) is 27.9. The van der Waals surface area contributed by atoms with Crippen LogP contribution in [0.1, 0.15) is 36.1 Å². The Labute approximate surface area is 224 Å². The average Bonchev–Trinajstić information content (AvgIpc) is 2.86. The summed E-state index contributed by atoms with van der Waals surface area (Å²) in [5.41, 5.74) is 3.55. The van der Waals surface area contributed by atoms with Crippen LogP contribution < -0.4 is 9.62 Å². The molecule has 3 aromatic rings. The normalized spacial score (nSPS) is 12.1. The summed E-state index contributed by atoms with van der Waals surface area (Å²) in [7, 11) is -4.13.